The number of fused-ring (bicyclic) bond motifs is 1. The summed E-state index contributed by atoms with van der Waals surface area (Å²) in [5.41, 5.74) is 3.05. The molecule has 0 saturated heterocycles. The van der Waals surface area contributed by atoms with Crippen LogP contribution in [0.5, 0.6) is 5.75 Å². The number of nitrogens with zero attached hydrogens (tertiary/aromatic N) is 2. The summed E-state index contributed by atoms with van der Waals surface area (Å²) in [5, 5.41) is 12.4. The highest BCUT2D eigenvalue weighted by atomic mass is 16.5. The fourth-order valence-corrected chi connectivity index (χ4v) is 4.11. The van der Waals surface area contributed by atoms with Crippen molar-refractivity contribution in [1.82, 2.24) is 0 Å². The van der Waals surface area contributed by atoms with Crippen LogP contribution in [-0.2, 0) is 4.74 Å². The lowest BCUT2D eigenvalue weighted by molar-refractivity contribution is -0.0293. The molecule has 0 aliphatic heterocycles. The van der Waals surface area contributed by atoms with E-state index in [0.717, 1.165) is 36.0 Å². The molecule has 0 amide bonds. The van der Waals surface area contributed by atoms with Crippen molar-refractivity contribution in [2.24, 2.45) is 0 Å². The summed E-state index contributed by atoms with van der Waals surface area (Å²) in [6, 6.07) is 21.2. The Balaban J connectivity index is 1.89. The number of rotatable bonds is 9. The fraction of sp³-hybridized carbons (Fsp3) is 0.433. The molecule has 0 N–H and O–H groups in total. The van der Waals surface area contributed by atoms with Crippen molar-refractivity contribution in [2.75, 3.05) is 24.6 Å². The molecule has 0 aliphatic carbocycles. The molecule has 3 aromatic carbocycles. The van der Waals surface area contributed by atoms with Crippen molar-refractivity contribution in [3.05, 3.63) is 60.2 Å². The third-order valence-corrected chi connectivity index (χ3v) is 6.03. The molecule has 0 radical (unpaired) electrons. The molecule has 4 nitrogen and oxygen atoms in total. The molecule has 0 fully saturated rings. The van der Waals surface area contributed by atoms with Crippen LogP contribution in [-0.4, -0.2) is 30.9 Å². The summed E-state index contributed by atoms with van der Waals surface area (Å²) in [6.07, 6.45) is 0.726. The maximum Gasteiger partial charge on any atom is 0.138 e. The molecule has 0 bridgehead atoms. The van der Waals surface area contributed by atoms with E-state index in [1.165, 1.54) is 11.1 Å². The van der Waals surface area contributed by atoms with E-state index >= 15 is 0 Å². The van der Waals surface area contributed by atoms with Crippen LogP contribution in [0, 0.1) is 11.3 Å². The van der Waals surface area contributed by atoms with Crippen LogP contribution < -0.4 is 9.64 Å². The minimum Gasteiger partial charge on any atom is -0.486 e. The predicted octanol–water partition coefficient (Wildman–Crippen LogP) is 7.59. The van der Waals surface area contributed by atoms with E-state index in [-0.39, 0.29) is 5.60 Å². The Bertz CT molecular complexity index is 1160. The molecule has 3 rings (SSSR count). The quantitative estimate of drug-likeness (QED) is 0.331. The van der Waals surface area contributed by atoms with Crippen molar-refractivity contribution >= 4 is 16.5 Å². The Hall–Kier alpha value is -3.03. The Labute approximate surface area is 205 Å². The van der Waals surface area contributed by atoms with Gasteiger partial charge in [0.2, 0.25) is 0 Å². The summed E-state index contributed by atoms with van der Waals surface area (Å²) < 4.78 is 12.2. The van der Waals surface area contributed by atoms with Gasteiger partial charge in [0.1, 0.15) is 23.0 Å². The van der Waals surface area contributed by atoms with Gasteiger partial charge in [0.15, 0.2) is 0 Å². The second-order valence-electron chi connectivity index (χ2n) is 10.3. The number of hydrogen-bond donors (Lipinski definition) is 0. The van der Waals surface area contributed by atoms with Gasteiger partial charge in [0.05, 0.1) is 12.2 Å². The lowest BCUT2D eigenvalue weighted by Crippen LogP contribution is -2.32. The van der Waals surface area contributed by atoms with Gasteiger partial charge in [-0.2, -0.15) is 5.26 Å². The molecular formula is C30H38N2O2. The molecule has 3 aromatic rings. The summed E-state index contributed by atoms with van der Waals surface area (Å²) in [6.45, 7) is 17.1. The minimum atomic E-state index is -0.459. The van der Waals surface area contributed by atoms with E-state index < -0.39 is 5.60 Å². The van der Waals surface area contributed by atoms with Crippen molar-refractivity contribution in [3.8, 4) is 22.9 Å². The van der Waals surface area contributed by atoms with Crippen LogP contribution in [0.15, 0.2) is 54.6 Å². The normalized spacial score (nSPS) is 11.9. The Morgan fingerprint density at radius 3 is 2.21 bits per heavy atom. The van der Waals surface area contributed by atoms with Crippen molar-refractivity contribution in [3.63, 3.8) is 0 Å². The topological polar surface area (TPSA) is 45.5 Å². The fourth-order valence-electron chi connectivity index (χ4n) is 4.11. The number of ether oxygens (including phenoxy) is 2. The lowest BCUT2D eigenvalue weighted by atomic mass is 9.96. The van der Waals surface area contributed by atoms with E-state index in [9.17, 15) is 5.26 Å². The summed E-state index contributed by atoms with van der Waals surface area (Å²) in [7, 11) is 0. The van der Waals surface area contributed by atoms with Crippen LogP contribution in [0.2, 0.25) is 0 Å². The number of nitriles is 1. The number of benzene rings is 3. The van der Waals surface area contributed by atoms with Gasteiger partial charge in [0, 0.05) is 30.8 Å². The maximum atomic E-state index is 10.0. The van der Waals surface area contributed by atoms with E-state index in [0.29, 0.717) is 17.9 Å². The Morgan fingerprint density at radius 1 is 0.882 bits per heavy atom. The zero-order valence-corrected chi connectivity index (χ0v) is 21.7. The predicted molar refractivity (Wildman–Crippen MR) is 143 cm³/mol. The molecule has 0 aliphatic rings. The van der Waals surface area contributed by atoms with Gasteiger partial charge in [-0.25, -0.2) is 0 Å². The van der Waals surface area contributed by atoms with Gasteiger partial charge in [0.25, 0.3) is 0 Å². The zero-order chi connectivity index (χ0) is 24.9. The van der Waals surface area contributed by atoms with Gasteiger partial charge in [-0.1, -0.05) is 30.3 Å². The van der Waals surface area contributed by atoms with Crippen molar-refractivity contribution < 1.29 is 9.47 Å². The SMILES string of the molecule is CCN(CC)c1ccc2cc(-c3cccc(OC(C)(C)CCOC(C)(C)C)c3C#N)ccc2c1. The molecule has 4 heteroatoms. The monoisotopic (exact) mass is 458 g/mol. The first-order valence-corrected chi connectivity index (χ1v) is 12.2. The van der Waals surface area contributed by atoms with Gasteiger partial charge >= 0.3 is 0 Å². The van der Waals surface area contributed by atoms with Gasteiger partial charge in [-0.15, -0.1) is 0 Å². The number of anilines is 1. The average Bonchev–Trinajstić information content (AvgIpc) is 2.78. The first-order valence-electron chi connectivity index (χ1n) is 12.2. The lowest BCUT2D eigenvalue weighted by Gasteiger charge is -2.29. The van der Waals surface area contributed by atoms with Crippen LogP contribution in [0.4, 0.5) is 5.69 Å². The van der Waals surface area contributed by atoms with E-state index in [1.54, 1.807) is 0 Å². The van der Waals surface area contributed by atoms with Gasteiger partial charge < -0.3 is 14.4 Å². The van der Waals surface area contributed by atoms with Crippen LogP contribution in [0.1, 0.15) is 60.5 Å². The standard InChI is InChI=1S/C30H38N2O2/c1-8-32(9-2)25-16-15-22-19-24(14-13-23(22)20-25)26-11-10-12-28(27(26)21-31)34-30(6,7)17-18-33-29(3,4)5/h10-16,19-20H,8-9,17-18H2,1-7H3. The Kier molecular flexibility index (Phi) is 7.89. The minimum absolute atomic E-state index is 0.185. The highest BCUT2D eigenvalue weighted by molar-refractivity contribution is 5.91. The molecule has 0 spiro atoms. The molecule has 0 saturated carbocycles. The highest BCUT2D eigenvalue weighted by Gasteiger charge is 2.24. The first kappa shape index (κ1) is 25.6. The van der Waals surface area contributed by atoms with Crippen molar-refractivity contribution in [2.45, 2.75) is 66.1 Å². The summed E-state index contributed by atoms with van der Waals surface area (Å²) >= 11 is 0. The number of hydrogen-bond acceptors (Lipinski definition) is 4. The molecule has 0 aromatic heterocycles. The molecule has 34 heavy (non-hydrogen) atoms. The Morgan fingerprint density at radius 2 is 1.56 bits per heavy atom. The van der Waals surface area contributed by atoms with Crippen molar-refractivity contribution in [1.29, 1.82) is 5.26 Å². The average molecular weight is 459 g/mol. The van der Waals surface area contributed by atoms with Crippen LogP contribution >= 0.6 is 0 Å². The third-order valence-electron chi connectivity index (χ3n) is 6.03. The first-order chi connectivity index (χ1) is 16.1. The van der Waals surface area contributed by atoms with Crippen LogP contribution in [0.25, 0.3) is 21.9 Å². The molecule has 180 valence electrons. The second-order valence-corrected chi connectivity index (χ2v) is 10.3. The largest absolute Gasteiger partial charge is 0.486 e. The zero-order valence-electron chi connectivity index (χ0n) is 21.7. The second kappa shape index (κ2) is 10.5. The smallest absolute Gasteiger partial charge is 0.138 e. The van der Waals surface area contributed by atoms with Crippen LogP contribution in [0.3, 0.4) is 0 Å². The maximum absolute atomic E-state index is 10.0. The highest BCUT2D eigenvalue weighted by Crippen LogP contribution is 2.35. The van der Waals surface area contributed by atoms with E-state index in [4.69, 9.17) is 9.47 Å². The van der Waals surface area contributed by atoms with Gasteiger partial charge in [-0.3, -0.25) is 0 Å². The molecule has 0 heterocycles. The molecule has 0 unspecified atom stereocenters. The van der Waals surface area contributed by atoms with E-state index in [2.05, 4.69) is 61.2 Å². The van der Waals surface area contributed by atoms with Gasteiger partial charge in [-0.05, 0) is 89.1 Å². The third kappa shape index (κ3) is 6.30. The summed E-state index contributed by atoms with van der Waals surface area (Å²) in [5.74, 6) is 0.609. The molecular weight excluding hydrogens is 420 g/mol. The molecule has 0 atom stereocenters. The summed E-state index contributed by atoms with van der Waals surface area (Å²) in [4.78, 5) is 2.34. The van der Waals surface area contributed by atoms with E-state index in [1.807, 2.05) is 52.8 Å².